The standard InChI is InChI=1S/C10H10O2/c1-7-6-12-10-8(5-11)3-2-4-9(7)10/h2-4,6,11H,5H2,1H3. The van der Waals surface area contributed by atoms with E-state index in [-0.39, 0.29) is 6.61 Å². The molecule has 0 unspecified atom stereocenters. The zero-order valence-electron chi connectivity index (χ0n) is 6.87. The number of hydrogen-bond acceptors (Lipinski definition) is 2. The molecule has 0 spiro atoms. The van der Waals surface area contributed by atoms with Crippen molar-refractivity contribution in [3.63, 3.8) is 0 Å². The Morgan fingerprint density at radius 2 is 2.25 bits per heavy atom. The Bertz CT molecular complexity index is 401. The predicted molar refractivity (Wildman–Crippen MR) is 46.9 cm³/mol. The molecule has 0 radical (unpaired) electrons. The summed E-state index contributed by atoms with van der Waals surface area (Å²) in [5, 5.41) is 10.1. The Labute approximate surface area is 70.4 Å². The lowest BCUT2D eigenvalue weighted by molar-refractivity contribution is 0.281. The summed E-state index contributed by atoms with van der Waals surface area (Å²) < 4.78 is 5.31. The number of benzene rings is 1. The van der Waals surface area contributed by atoms with Crippen molar-refractivity contribution in [3.05, 3.63) is 35.6 Å². The minimum Gasteiger partial charge on any atom is -0.464 e. The third-order valence-electron chi connectivity index (χ3n) is 2.05. The number of furan rings is 1. The fourth-order valence-corrected chi connectivity index (χ4v) is 1.37. The first-order valence-electron chi connectivity index (χ1n) is 3.89. The summed E-state index contributed by atoms with van der Waals surface area (Å²) in [6.45, 7) is 2.03. The van der Waals surface area contributed by atoms with E-state index in [2.05, 4.69) is 0 Å². The van der Waals surface area contributed by atoms with Crippen molar-refractivity contribution in [2.75, 3.05) is 0 Å². The second kappa shape index (κ2) is 2.64. The maximum atomic E-state index is 8.98. The molecule has 2 aromatic rings. The Morgan fingerprint density at radius 3 is 3.00 bits per heavy atom. The molecule has 0 saturated heterocycles. The van der Waals surface area contributed by atoms with Crippen LogP contribution >= 0.6 is 0 Å². The van der Waals surface area contributed by atoms with Gasteiger partial charge in [0.25, 0.3) is 0 Å². The van der Waals surface area contributed by atoms with Crippen LogP contribution in [-0.4, -0.2) is 5.11 Å². The smallest absolute Gasteiger partial charge is 0.139 e. The molecule has 1 aromatic heterocycles. The molecule has 12 heavy (non-hydrogen) atoms. The highest BCUT2D eigenvalue weighted by atomic mass is 16.3. The summed E-state index contributed by atoms with van der Waals surface area (Å²) >= 11 is 0. The number of para-hydroxylation sites is 1. The molecule has 0 fully saturated rings. The van der Waals surface area contributed by atoms with E-state index in [0.717, 1.165) is 22.1 Å². The molecule has 2 heteroatoms. The number of aryl methyl sites for hydroxylation is 1. The maximum absolute atomic E-state index is 8.98. The second-order valence-corrected chi connectivity index (χ2v) is 2.87. The van der Waals surface area contributed by atoms with Crippen LogP contribution < -0.4 is 0 Å². The molecule has 1 N–H and O–H groups in total. The number of fused-ring (bicyclic) bond motifs is 1. The Hall–Kier alpha value is -1.28. The second-order valence-electron chi connectivity index (χ2n) is 2.87. The SMILES string of the molecule is Cc1coc2c(CO)cccc12. The third-order valence-corrected chi connectivity index (χ3v) is 2.05. The number of rotatable bonds is 1. The fraction of sp³-hybridized carbons (Fsp3) is 0.200. The zero-order chi connectivity index (χ0) is 8.55. The first-order chi connectivity index (χ1) is 5.83. The van der Waals surface area contributed by atoms with Crippen molar-refractivity contribution < 1.29 is 9.52 Å². The van der Waals surface area contributed by atoms with E-state index in [4.69, 9.17) is 9.52 Å². The van der Waals surface area contributed by atoms with Crippen LogP contribution in [0.2, 0.25) is 0 Å². The highest BCUT2D eigenvalue weighted by molar-refractivity contribution is 5.83. The van der Waals surface area contributed by atoms with E-state index in [1.807, 2.05) is 25.1 Å². The molecule has 2 rings (SSSR count). The minimum atomic E-state index is 0.0320. The molecule has 0 amide bonds. The Kier molecular flexibility index (Phi) is 1.62. The molecule has 1 heterocycles. The van der Waals surface area contributed by atoms with Crippen molar-refractivity contribution in [3.8, 4) is 0 Å². The van der Waals surface area contributed by atoms with Crippen LogP contribution in [0.4, 0.5) is 0 Å². The fourth-order valence-electron chi connectivity index (χ4n) is 1.37. The van der Waals surface area contributed by atoms with Gasteiger partial charge in [-0.15, -0.1) is 0 Å². The van der Waals surface area contributed by atoms with E-state index >= 15 is 0 Å². The van der Waals surface area contributed by atoms with Crippen LogP contribution in [0, 0.1) is 6.92 Å². The number of hydrogen-bond donors (Lipinski definition) is 1. The van der Waals surface area contributed by atoms with E-state index in [1.54, 1.807) is 6.26 Å². The first kappa shape index (κ1) is 7.37. The van der Waals surface area contributed by atoms with Crippen LogP contribution in [0.15, 0.2) is 28.9 Å². The van der Waals surface area contributed by atoms with Gasteiger partial charge in [-0.3, -0.25) is 0 Å². The molecular weight excluding hydrogens is 152 g/mol. The van der Waals surface area contributed by atoms with Crippen LogP contribution in [0.1, 0.15) is 11.1 Å². The van der Waals surface area contributed by atoms with Crippen LogP contribution in [0.3, 0.4) is 0 Å². The van der Waals surface area contributed by atoms with Gasteiger partial charge >= 0.3 is 0 Å². The maximum Gasteiger partial charge on any atom is 0.139 e. The summed E-state index contributed by atoms with van der Waals surface area (Å²) in [7, 11) is 0. The average Bonchev–Trinajstić information content (AvgIpc) is 2.48. The van der Waals surface area contributed by atoms with Crippen molar-refractivity contribution >= 4 is 11.0 Å². The molecule has 0 bridgehead atoms. The summed E-state index contributed by atoms with van der Waals surface area (Å²) in [6.07, 6.45) is 1.71. The van der Waals surface area contributed by atoms with Gasteiger partial charge in [-0.05, 0) is 12.5 Å². The third kappa shape index (κ3) is 0.924. The van der Waals surface area contributed by atoms with Crippen LogP contribution in [0.25, 0.3) is 11.0 Å². The first-order valence-corrected chi connectivity index (χ1v) is 3.89. The highest BCUT2D eigenvalue weighted by Crippen LogP contribution is 2.23. The van der Waals surface area contributed by atoms with Gasteiger partial charge in [0, 0.05) is 10.9 Å². The molecule has 0 saturated carbocycles. The highest BCUT2D eigenvalue weighted by Gasteiger charge is 2.04. The normalized spacial score (nSPS) is 10.8. The number of aliphatic hydroxyl groups excluding tert-OH is 1. The van der Waals surface area contributed by atoms with Crippen molar-refractivity contribution in [2.45, 2.75) is 13.5 Å². The van der Waals surface area contributed by atoms with Gasteiger partial charge in [0.1, 0.15) is 5.58 Å². The Morgan fingerprint density at radius 1 is 1.42 bits per heavy atom. The van der Waals surface area contributed by atoms with Crippen molar-refractivity contribution in [1.82, 2.24) is 0 Å². The molecule has 0 atom stereocenters. The van der Waals surface area contributed by atoms with Gasteiger partial charge in [-0.1, -0.05) is 18.2 Å². The topological polar surface area (TPSA) is 33.4 Å². The van der Waals surface area contributed by atoms with Crippen LogP contribution in [-0.2, 0) is 6.61 Å². The molecule has 0 aliphatic heterocycles. The van der Waals surface area contributed by atoms with Gasteiger partial charge in [0.2, 0.25) is 0 Å². The molecule has 0 aliphatic carbocycles. The molecule has 0 aliphatic rings. The van der Waals surface area contributed by atoms with Gasteiger partial charge in [-0.2, -0.15) is 0 Å². The molecule has 62 valence electrons. The van der Waals surface area contributed by atoms with Gasteiger partial charge in [0.05, 0.1) is 12.9 Å². The monoisotopic (exact) mass is 162 g/mol. The number of aliphatic hydroxyl groups is 1. The van der Waals surface area contributed by atoms with Gasteiger partial charge in [-0.25, -0.2) is 0 Å². The summed E-state index contributed by atoms with van der Waals surface area (Å²) in [5.74, 6) is 0. The van der Waals surface area contributed by atoms with Gasteiger partial charge in [0.15, 0.2) is 0 Å². The van der Waals surface area contributed by atoms with E-state index in [9.17, 15) is 0 Å². The van der Waals surface area contributed by atoms with Crippen molar-refractivity contribution in [1.29, 1.82) is 0 Å². The quantitative estimate of drug-likeness (QED) is 0.697. The minimum absolute atomic E-state index is 0.0320. The predicted octanol–water partition coefficient (Wildman–Crippen LogP) is 2.23. The summed E-state index contributed by atoms with van der Waals surface area (Å²) in [4.78, 5) is 0. The summed E-state index contributed by atoms with van der Waals surface area (Å²) in [5.41, 5.74) is 2.76. The summed E-state index contributed by atoms with van der Waals surface area (Å²) in [6, 6.07) is 5.79. The Balaban J connectivity index is 2.81. The lowest BCUT2D eigenvalue weighted by atomic mass is 10.1. The van der Waals surface area contributed by atoms with Crippen LogP contribution in [0.5, 0.6) is 0 Å². The van der Waals surface area contributed by atoms with Gasteiger partial charge < -0.3 is 9.52 Å². The average molecular weight is 162 g/mol. The largest absolute Gasteiger partial charge is 0.464 e. The lowest BCUT2D eigenvalue weighted by Crippen LogP contribution is -1.82. The van der Waals surface area contributed by atoms with Crippen molar-refractivity contribution in [2.24, 2.45) is 0 Å². The van der Waals surface area contributed by atoms with E-state index in [1.165, 1.54) is 0 Å². The van der Waals surface area contributed by atoms with E-state index in [0.29, 0.717) is 0 Å². The van der Waals surface area contributed by atoms with E-state index < -0.39 is 0 Å². The molecule has 2 nitrogen and oxygen atoms in total. The molecule has 1 aromatic carbocycles. The lowest BCUT2D eigenvalue weighted by Gasteiger charge is -1.95. The molecular formula is C10H10O2. The zero-order valence-corrected chi connectivity index (χ0v) is 6.87.